The molecule has 1 fully saturated rings. The zero-order chi connectivity index (χ0) is 17.9. The van der Waals surface area contributed by atoms with E-state index in [1.165, 1.54) is 37.8 Å². The van der Waals surface area contributed by atoms with E-state index in [2.05, 4.69) is 5.32 Å². The molecule has 2 aliphatic rings. The van der Waals surface area contributed by atoms with Gasteiger partial charge < -0.3 is 5.32 Å². The number of hydrogen-bond acceptors (Lipinski definition) is 5. The number of fused-ring (bicyclic) bond motifs is 1. The summed E-state index contributed by atoms with van der Waals surface area (Å²) in [6.07, 6.45) is 5.09. The quantitative estimate of drug-likeness (QED) is 0.730. The number of nitrogens with one attached hydrogen (secondary N) is 1. The van der Waals surface area contributed by atoms with Crippen LogP contribution in [0, 0.1) is 0 Å². The van der Waals surface area contributed by atoms with E-state index >= 15 is 0 Å². The predicted molar refractivity (Wildman–Crippen MR) is 97.0 cm³/mol. The Morgan fingerprint density at radius 1 is 1.24 bits per heavy atom. The highest BCUT2D eigenvalue weighted by Crippen LogP contribution is 2.30. The molecule has 8 heteroatoms. The number of thioether (sulfide) groups is 1. The molecule has 136 valence electrons. The molecule has 1 heterocycles. The fourth-order valence-electron chi connectivity index (χ4n) is 3.21. The molecule has 0 bridgehead atoms. The van der Waals surface area contributed by atoms with Crippen molar-refractivity contribution in [3.8, 4) is 0 Å². The van der Waals surface area contributed by atoms with Gasteiger partial charge in [-0.05, 0) is 25.0 Å². The first kappa shape index (κ1) is 18.3. The molecule has 1 aliphatic carbocycles. The highest BCUT2D eigenvalue weighted by Gasteiger charge is 2.40. The van der Waals surface area contributed by atoms with E-state index in [-0.39, 0.29) is 29.3 Å². The fourth-order valence-corrected chi connectivity index (χ4v) is 6.00. The van der Waals surface area contributed by atoms with Gasteiger partial charge in [0, 0.05) is 30.5 Å². The Bertz CT molecular complexity index is 758. The molecule has 3 rings (SSSR count). The topological polar surface area (TPSA) is 83.6 Å². The van der Waals surface area contributed by atoms with Crippen LogP contribution in [0.25, 0.3) is 0 Å². The number of carbonyl (C=O) groups excluding carboxylic acids is 2. The predicted octanol–water partition coefficient (Wildman–Crippen LogP) is 2.01. The SMILES string of the molecule is O=C(CCN1C(=O)c2ccccc2S1(=O)=O)NCCSC1CCCC1. The Balaban J connectivity index is 1.45. The second-order valence-electron chi connectivity index (χ2n) is 6.26. The molecule has 2 amide bonds. The summed E-state index contributed by atoms with van der Waals surface area (Å²) in [6.45, 7) is 0.443. The van der Waals surface area contributed by atoms with Crippen molar-refractivity contribution in [1.29, 1.82) is 0 Å². The third kappa shape index (κ3) is 4.00. The van der Waals surface area contributed by atoms with Crippen LogP contribution in [0.2, 0.25) is 0 Å². The van der Waals surface area contributed by atoms with Gasteiger partial charge in [0.15, 0.2) is 0 Å². The molecule has 0 spiro atoms. The van der Waals surface area contributed by atoms with Crippen molar-refractivity contribution in [3.63, 3.8) is 0 Å². The maximum Gasteiger partial charge on any atom is 0.269 e. The Morgan fingerprint density at radius 3 is 2.68 bits per heavy atom. The third-order valence-corrected chi connectivity index (χ3v) is 7.76. The molecular weight excluding hydrogens is 360 g/mol. The van der Waals surface area contributed by atoms with Gasteiger partial charge in [0.2, 0.25) is 5.91 Å². The Hall–Kier alpha value is -1.54. The molecule has 1 aliphatic heterocycles. The Morgan fingerprint density at radius 2 is 1.96 bits per heavy atom. The summed E-state index contributed by atoms with van der Waals surface area (Å²) in [5.41, 5.74) is 0.177. The summed E-state index contributed by atoms with van der Waals surface area (Å²) in [4.78, 5) is 24.2. The normalized spacial score (nSPS) is 19.2. The van der Waals surface area contributed by atoms with Crippen molar-refractivity contribution in [2.24, 2.45) is 0 Å². The van der Waals surface area contributed by atoms with Crippen LogP contribution in [-0.2, 0) is 14.8 Å². The van der Waals surface area contributed by atoms with Crippen LogP contribution >= 0.6 is 11.8 Å². The van der Waals surface area contributed by atoms with Crippen LogP contribution in [0.1, 0.15) is 42.5 Å². The minimum atomic E-state index is -3.83. The molecule has 1 saturated carbocycles. The van der Waals surface area contributed by atoms with Gasteiger partial charge in [-0.2, -0.15) is 11.8 Å². The average Bonchev–Trinajstić information content (AvgIpc) is 3.17. The number of amides is 2. The molecule has 0 atom stereocenters. The van der Waals surface area contributed by atoms with Crippen LogP contribution < -0.4 is 5.32 Å². The summed E-state index contributed by atoms with van der Waals surface area (Å²) < 4.78 is 25.6. The van der Waals surface area contributed by atoms with Gasteiger partial charge in [0.05, 0.1) is 5.56 Å². The molecular formula is C17H22N2O4S2. The Kier molecular flexibility index (Phi) is 5.68. The summed E-state index contributed by atoms with van der Waals surface area (Å²) in [7, 11) is -3.83. The minimum absolute atomic E-state index is 0.0208. The summed E-state index contributed by atoms with van der Waals surface area (Å²) in [6, 6.07) is 6.13. The van der Waals surface area contributed by atoms with Crippen molar-refractivity contribution >= 4 is 33.6 Å². The number of benzene rings is 1. The maximum atomic E-state index is 12.4. The van der Waals surface area contributed by atoms with Crippen LogP contribution in [0.15, 0.2) is 29.2 Å². The van der Waals surface area contributed by atoms with Crippen molar-refractivity contribution in [3.05, 3.63) is 29.8 Å². The van der Waals surface area contributed by atoms with Crippen LogP contribution in [0.4, 0.5) is 0 Å². The number of sulfonamides is 1. The van der Waals surface area contributed by atoms with Gasteiger partial charge in [-0.1, -0.05) is 25.0 Å². The molecule has 6 nitrogen and oxygen atoms in total. The summed E-state index contributed by atoms with van der Waals surface area (Å²) in [5, 5.41) is 3.51. The number of rotatable bonds is 7. The standard InChI is InChI=1S/C17H22N2O4S2/c20-16(18-10-12-24-13-5-1-2-6-13)9-11-19-17(21)14-7-3-4-8-15(14)25(19,22)23/h3-4,7-8,13H,1-2,5-6,9-12H2,(H,18,20). The first-order valence-electron chi connectivity index (χ1n) is 8.54. The average molecular weight is 383 g/mol. The van der Waals surface area contributed by atoms with Crippen molar-refractivity contribution < 1.29 is 18.0 Å². The molecule has 0 aromatic heterocycles. The lowest BCUT2D eigenvalue weighted by Crippen LogP contribution is -2.35. The van der Waals surface area contributed by atoms with Gasteiger partial charge in [0.25, 0.3) is 15.9 Å². The van der Waals surface area contributed by atoms with Crippen molar-refractivity contribution in [2.45, 2.75) is 42.2 Å². The summed E-state index contributed by atoms with van der Waals surface area (Å²) in [5.74, 6) is 0.0779. The molecule has 0 saturated heterocycles. The van der Waals surface area contributed by atoms with E-state index < -0.39 is 15.9 Å². The van der Waals surface area contributed by atoms with E-state index in [0.29, 0.717) is 11.8 Å². The highest BCUT2D eigenvalue weighted by molar-refractivity contribution is 7.99. The lowest BCUT2D eigenvalue weighted by molar-refractivity contribution is -0.120. The summed E-state index contributed by atoms with van der Waals surface area (Å²) >= 11 is 1.89. The second-order valence-corrected chi connectivity index (χ2v) is 9.49. The van der Waals surface area contributed by atoms with E-state index in [1.54, 1.807) is 12.1 Å². The third-order valence-electron chi connectivity index (χ3n) is 4.53. The van der Waals surface area contributed by atoms with Gasteiger partial charge >= 0.3 is 0 Å². The van der Waals surface area contributed by atoms with Crippen molar-refractivity contribution in [2.75, 3.05) is 18.8 Å². The largest absolute Gasteiger partial charge is 0.355 e. The van der Waals surface area contributed by atoms with E-state index in [1.807, 2.05) is 11.8 Å². The van der Waals surface area contributed by atoms with E-state index in [4.69, 9.17) is 0 Å². The lowest BCUT2D eigenvalue weighted by atomic mass is 10.2. The first-order valence-corrected chi connectivity index (χ1v) is 11.0. The molecule has 1 aromatic rings. The molecule has 0 unspecified atom stereocenters. The fraction of sp³-hybridized carbons (Fsp3) is 0.529. The maximum absolute atomic E-state index is 12.4. The van der Waals surface area contributed by atoms with Crippen molar-refractivity contribution in [1.82, 2.24) is 9.62 Å². The first-order chi connectivity index (χ1) is 12.0. The lowest BCUT2D eigenvalue weighted by Gasteiger charge is -2.15. The number of nitrogens with zero attached hydrogens (tertiary/aromatic N) is 1. The molecule has 1 N–H and O–H groups in total. The van der Waals surface area contributed by atoms with Crippen LogP contribution in [-0.4, -0.2) is 48.6 Å². The smallest absolute Gasteiger partial charge is 0.269 e. The van der Waals surface area contributed by atoms with Crippen LogP contribution in [0.3, 0.4) is 0 Å². The zero-order valence-electron chi connectivity index (χ0n) is 13.9. The zero-order valence-corrected chi connectivity index (χ0v) is 15.6. The second kappa shape index (κ2) is 7.78. The van der Waals surface area contributed by atoms with E-state index in [0.717, 1.165) is 10.1 Å². The Labute approximate surface area is 152 Å². The monoisotopic (exact) mass is 382 g/mol. The van der Waals surface area contributed by atoms with Gasteiger partial charge in [-0.15, -0.1) is 0 Å². The minimum Gasteiger partial charge on any atom is -0.355 e. The number of hydrogen-bond donors (Lipinski definition) is 1. The molecule has 25 heavy (non-hydrogen) atoms. The highest BCUT2D eigenvalue weighted by atomic mass is 32.2. The van der Waals surface area contributed by atoms with Gasteiger partial charge in [0.1, 0.15) is 4.90 Å². The van der Waals surface area contributed by atoms with Gasteiger partial charge in [-0.3, -0.25) is 9.59 Å². The van der Waals surface area contributed by atoms with Crippen LogP contribution in [0.5, 0.6) is 0 Å². The van der Waals surface area contributed by atoms with E-state index in [9.17, 15) is 18.0 Å². The molecule has 0 radical (unpaired) electrons. The van der Waals surface area contributed by atoms with Gasteiger partial charge in [-0.25, -0.2) is 12.7 Å². The number of carbonyl (C=O) groups is 2. The molecule has 1 aromatic carbocycles.